The van der Waals surface area contributed by atoms with Gasteiger partial charge in [0.15, 0.2) is 0 Å². The average Bonchev–Trinajstić information content (AvgIpc) is 2.78. The molecule has 10 nitrogen and oxygen atoms in total. The third kappa shape index (κ3) is 37.5. The zero-order valence-corrected chi connectivity index (χ0v) is 23.9. The first kappa shape index (κ1) is 38.3. The van der Waals surface area contributed by atoms with E-state index < -0.39 is 11.9 Å². The minimum atomic E-state index is -1.05. The third-order valence-electron chi connectivity index (χ3n) is 4.51. The van der Waals surface area contributed by atoms with Crippen LogP contribution in [0.3, 0.4) is 0 Å². The molecule has 0 aliphatic heterocycles. The van der Waals surface area contributed by atoms with Gasteiger partial charge in [0, 0.05) is 57.9 Å². The number of nitrogens with one attached hydrogen (secondary N) is 4. The van der Waals surface area contributed by atoms with Gasteiger partial charge in [-0.15, -0.1) is 5.76 Å². The Labute approximate surface area is 241 Å². The molecule has 6 N–H and O–H groups in total. The van der Waals surface area contributed by atoms with Gasteiger partial charge in [0.25, 0.3) is 0 Å². The van der Waals surface area contributed by atoms with Gasteiger partial charge in [-0.1, -0.05) is 46.0 Å². The van der Waals surface area contributed by atoms with Crippen LogP contribution in [-0.4, -0.2) is 99.2 Å². The molecule has 0 fully saturated rings. The molecule has 0 aromatic rings. The van der Waals surface area contributed by atoms with Crippen LogP contribution < -0.4 is 31.5 Å². The van der Waals surface area contributed by atoms with Crippen LogP contribution in [0.15, 0.2) is 23.9 Å². The van der Waals surface area contributed by atoms with Crippen molar-refractivity contribution in [3.05, 3.63) is 23.9 Å². The minimum Gasteiger partial charge on any atom is -0.874 e. The summed E-state index contributed by atoms with van der Waals surface area (Å²) in [7, 11) is 0. The molecule has 0 aliphatic carbocycles. The number of rotatable bonds is 22. The van der Waals surface area contributed by atoms with E-state index in [1.54, 1.807) is 6.20 Å². The number of carbonyl (C=O) groups is 2. The number of carboxylic acid groups (broad SMARTS) is 2. The maximum atomic E-state index is 11.3. The van der Waals surface area contributed by atoms with Crippen LogP contribution in [0.2, 0.25) is 0 Å². The smallest absolute Gasteiger partial charge is 0.874 e. The summed E-state index contributed by atoms with van der Waals surface area (Å²) in [5, 5.41) is 51.0. The summed E-state index contributed by atoms with van der Waals surface area (Å²) >= 11 is 0. The van der Waals surface area contributed by atoms with Crippen molar-refractivity contribution in [2.45, 2.75) is 78.1 Å². The molecule has 0 bridgehead atoms. The number of hydrogen-bond acceptors (Lipinski definition) is 9. The van der Waals surface area contributed by atoms with Crippen molar-refractivity contribution in [1.82, 2.24) is 21.3 Å². The summed E-state index contributed by atoms with van der Waals surface area (Å²) in [5.41, 5.74) is 0. The molecule has 200 valence electrons. The van der Waals surface area contributed by atoms with E-state index in [1.165, 1.54) is 6.20 Å². The van der Waals surface area contributed by atoms with Crippen LogP contribution in [0, 0.1) is 0 Å². The van der Waals surface area contributed by atoms with Gasteiger partial charge in [-0.2, -0.15) is 0 Å². The van der Waals surface area contributed by atoms with Gasteiger partial charge in [0.05, 0.1) is 6.42 Å². The van der Waals surface area contributed by atoms with E-state index in [-0.39, 0.29) is 56.3 Å². The largest absolute Gasteiger partial charge is 2.00 e. The first-order valence-electron chi connectivity index (χ1n) is 12.4. The predicted molar refractivity (Wildman–Crippen MR) is 136 cm³/mol. The zero-order chi connectivity index (χ0) is 25.9. The average molecular weight is 527 g/mol. The molecule has 0 spiro atoms. The third-order valence-corrected chi connectivity index (χ3v) is 4.51. The summed E-state index contributed by atoms with van der Waals surface area (Å²) in [4.78, 5) is 20.3. The Morgan fingerprint density at radius 2 is 1.20 bits per heavy atom. The Hall–Kier alpha value is -1.20. The van der Waals surface area contributed by atoms with Crippen LogP contribution in [0.5, 0.6) is 0 Å². The van der Waals surface area contributed by atoms with Gasteiger partial charge in [0.1, 0.15) is 5.76 Å². The molecule has 35 heavy (non-hydrogen) atoms. The predicted octanol–water partition coefficient (Wildman–Crippen LogP) is 0.327. The Morgan fingerprint density at radius 3 is 1.71 bits per heavy atom. The minimum absolute atomic E-state index is 0. The van der Waals surface area contributed by atoms with Crippen molar-refractivity contribution in [3.63, 3.8) is 0 Å². The second-order valence-electron chi connectivity index (χ2n) is 7.83. The molecule has 0 saturated carbocycles. The van der Waals surface area contributed by atoms with Crippen LogP contribution in [0.1, 0.15) is 78.1 Å². The van der Waals surface area contributed by atoms with Gasteiger partial charge in [-0.3, -0.25) is 4.79 Å². The molecule has 0 aliphatic rings. The second kappa shape index (κ2) is 30.8. The van der Waals surface area contributed by atoms with E-state index >= 15 is 0 Å². The van der Waals surface area contributed by atoms with Crippen LogP contribution in [-0.2, 0) is 9.59 Å². The van der Waals surface area contributed by atoms with E-state index in [2.05, 4.69) is 35.1 Å². The number of aliphatic hydroxyl groups excluding tert-OH is 1. The van der Waals surface area contributed by atoms with Gasteiger partial charge >= 0.3 is 43.7 Å². The van der Waals surface area contributed by atoms with Crippen LogP contribution in [0.25, 0.3) is 0 Å². The van der Waals surface area contributed by atoms with E-state index in [0.29, 0.717) is 57.9 Å². The van der Waals surface area contributed by atoms with Gasteiger partial charge < -0.3 is 46.5 Å². The quantitative estimate of drug-likeness (QED) is 0.0656. The van der Waals surface area contributed by atoms with Crippen LogP contribution in [0.4, 0.5) is 0 Å². The molecule has 0 aromatic carbocycles. The Morgan fingerprint density at radius 1 is 0.686 bits per heavy atom. The molecule has 11 heteroatoms. The number of carbonyl (C=O) groups excluding carboxylic acids is 1. The summed E-state index contributed by atoms with van der Waals surface area (Å²) in [5.74, 6) is -1.35. The molecule has 0 rings (SSSR count). The summed E-state index contributed by atoms with van der Waals surface area (Å²) in [6, 6.07) is 0. The first-order valence-corrected chi connectivity index (χ1v) is 12.4. The summed E-state index contributed by atoms with van der Waals surface area (Å²) in [6.45, 7) is 7.71. The standard InChI is InChI=1S/2C12H24N2O3.Ca/c2*1-2-3-4-5-11(15)10-14-9-8-13-7-6-12(16)17;/h2*10,13-15H,2-9H2,1H3,(H,16,17);/q;;+2/p-2/b2*11-10-;. The molecule has 0 amide bonds. The summed E-state index contributed by atoms with van der Waals surface area (Å²) in [6.07, 6.45) is 11.0. The maximum absolute atomic E-state index is 11.3. The van der Waals surface area contributed by atoms with E-state index in [9.17, 15) is 24.9 Å². The number of aliphatic hydroxyl groups is 1. The fraction of sp³-hybridized carbons (Fsp3) is 0.750. The Kier molecular flexibility index (Phi) is 33.8. The normalized spacial score (nSPS) is 11.1. The molecule has 0 aromatic heterocycles. The number of carboxylic acids is 2. The summed E-state index contributed by atoms with van der Waals surface area (Å²) < 4.78 is 0. The molecule has 0 atom stereocenters. The molecule has 0 unspecified atom stereocenters. The fourth-order valence-corrected chi connectivity index (χ4v) is 2.58. The van der Waals surface area contributed by atoms with E-state index in [4.69, 9.17) is 5.11 Å². The first-order chi connectivity index (χ1) is 16.3. The van der Waals surface area contributed by atoms with Gasteiger partial charge in [-0.25, -0.2) is 0 Å². The number of unbranched alkanes of at least 4 members (excludes halogenated alkanes) is 4. The topological polar surface area (TPSA) is 169 Å². The SMILES string of the molecule is CCCCC/C(O)=C/NCCNCCC(=O)O.CCCCC/C([O-])=C/NCCNCCC(=O)[O-].[Ca+2]. The monoisotopic (exact) mass is 526 g/mol. The molecular weight excluding hydrogens is 480 g/mol. The number of allylic oxidation sites excluding steroid dienone is 2. The fourth-order valence-electron chi connectivity index (χ4n) is 2.58. The van der Waals surface area contributed by atoms with E-state index in [0.717, 1.165) is 38.5 Å². The Balaban J connectivity index is -0.000000569. The maximum Gasteiger partial charge on any atom is 2.00 e. The second-order valence-corrected chi connectivity index (χ2v) is 7.83. The van der Waals surface area contributed by atoms with Crippen LogP contribution >= 0.6 is 0 Å². The molecule has 0 saturated heterocycles. The molecule has 0 radical (unpaired) electrons. The number of hydrogen-bond donors (Lipinski definition) is 6. The van der Waals surface area contributed by atoms with Crippen molar-refractivity contribution < 1.29 is 30.0 Å². The zero-order valence-electron chi connectivity index (χ0n) is 21.7. The Bertz CT molecular complexity index is 514. The van der Waals surface area contributed by atoms with Gasteiger partial charge in [0.2, 0.25) is 0 Å². The van der Waals surface area contributed by atoms with Crippen molar-refractivity contribution in [2.75, 3.05) is 39.3 Å². The van der Waals surface area contributed by atoms with E-state index in [1.807, 2.05) is 0 Å². The number of aliphatic carboxylic acids is 2. The van der Waals surface area contributed by atoms with Crippen molar-refractivity contribution >= 4 is 49.7 Å². The molecular formula is C24H46CaN4O6. The van der Waals surface area contributed by atoms with Crippen molar-refractivity contribution in [1.29, 1.82) is 0 Å². The van der Waals surface area contributed by atoms with Gasteiger partial charge in [-0.05, 0) is 25.5 Å². The molecule has 0 heterocycles. The van der Waals surface area contributed by atoms with Crippen molar-refractivity contribution in [3.8, 4) is 0 Å². The van der Waals surface area contributed by atoms with Crippen molar-refractivity contribution in [2.24, 2.45) is 0 Å².